The lowest BCUT2D eigenvalue weighted by atomic mass is 10.1. The van der Waals surface area contributed by atoms with Gasteiger partial charge >= 0.3 is 0 Å². The second kappa shape index (κ2) is 9.43. The van der Waals surface area contributed by atoms with Gasteiger partial charge < -0.3 is 15.4 Å². The second-order valence-corrected chi connectivity index (χ2v) is 7.58. The van der Waals surface area contributed by atoms with Gasteiger partial charge in [0.1, 0.15) is 5.75 Å². The molecule has 1 aromatic heterocycles. The molecule has 1 fully saturated rings. The minimum absolute atomic E-state index is 0.0662. The number of ether oxygens (including phenoxy) is 1. The summed E-state index contributed by atoms with van der Waals surface area (Å²) in [6.07, 6.45) is 7.91. The molecule has 1 aliphatic rings. The Morgan fingerprint density at radius 2 is 2.00 bits per heavy atom. The number of aromatic nitrogens is 1. The molecule has 4 rings (SSSR count). The number of benzene rings is 2. The fourth-order valence-electron chi connectivity index (χ4n) is 2.98. The van der Waals surface area contributed by atoms with Gasteiger partial charge in [-0.05, 0) is 73.4 Å². The van der Waals surface area contributed by atoms with Crippen LogP contribution in [0.1, 0.15) is 34.3 Å². The predicted octanol–water partition coefficient (Wildman–Crippen LogP) is 4.87. The Hall–Kier alpha value is -4.00. The van der Waals surface area contributed by atoms with Crippen LogP contribution < -0.4 is 15.4 Å². The summed E-state index contributed by atoms with van der Waals surface area (Å²) in [5, 5.41) is 5.70. The Morgan fingerprint density at radius 3 is 2.72 bits per heavy atom. The minimum atomic E-state index is -0.554. The van der Waals surface area contributed by atoms with Crippen LogP contribution >= 0.6 is 0 Å². The molecule has 1 saturated carbocycles. The lowest BCUT2D eigenvalue weighted by Gasteiger charge is -2.10. The van der Waals surface area contributed by atoms with Gasteiger partial charge in [0.25, 0.3) is 5.91 Å². The average molecular weight is 431 g/mol. The second-order valence-electron chi connectivity index (χ2n) is 7.58. The molecule has 0 spiro atoms. The molecule has 2 aromatic carbocycles. The highest BCUT2D eigenvalue weighted by Gasteiger charge is 2.24. The summed E-state index contributed by atoms with van der Waals surface area (Å²) >= 11 is 0. The number of carbonyl (C=O) groups is 2. The zero-order chi connectivity index (χ0) is 22.5. The summed E-state index contributed by atoms with van der Waals surface area (Å²) in [7, 11) is 0. The van der Waals surface area contributed by atoms with Crippen molar-refractivity contribution in [2.75, 3.05) is 5.32 Å². The Bertz CT molecular complexity index is 1170. The normalized spacial score (nSPS) is 13.1. The zero-order valence-electron chi connectivity index (χ0n) is 17.5. The van der Waals surface area contributed by atoms with Crippen molar-refractivity contribution in [2.24, 2.45) is 0 Å². The van der Waals surface area contributed by atoms with Crippen LogP contribution in [0.25, 0.3) is 6.08 Å². The van der Waals surface area contributed by atoms with Gasteiger partial charge in [0.15, 0.2) is 11.6 Å². The van der Waals surface area contributed by atoms with Gasteiger partial charge in [-0.1, -0.05) is 12.1 Å². The number of carbonyl (C=O) groups excluding carboxylic acids is 2. The zero-order valence-corrected chi connectivity index (χ0v) is 17.5. The molecule has 7 heteroatoms. The summed E-state index contributed by atoms with van der Waals surface area (Å²) in [4.78, 5) is 28.5. The summed E-state index contributed by atoms with van der Waals surface area (Å²) in [5.74, 6) is -0.595. The lowest BCUT2D eigenvalue weighted by molar-refractivity contribution is -0.111. The van der Waals surface area contributed by atoms with Gasteiger partial charge in [0, 0.05) is 29.6 Å². The first-order chi connectivity index (χ1) is 15.5. The molecule has 6 nitrogen and oxygen atoms in total. The number of nitrogens with one attached hydrogen (secondary N) is 2. The third kappa shape index (κ3) is 5.57. The highest BCUT2D eigenvalue weighted by molar-refractivity contribution is 6.03. The summed E-state index contributed by atoms with van der Waals surface area (Å²) < 4.78 is 19.8. The number of halogens is 1. The van der Waals surface area contributed by atoms with Crippen LogP contribution in [0.5, 0.6) is 11.5 Å². The topological polar surface area (TPSA) is 80.3 Å². The predicted molar refractivity (Wildman–Crippen MR) is 120 cm³/mol. The van der Waals surface area contributed by atoms with E-state index >= 15 is 0 Å². The van der Waals surface area contributed by atoms with Gasteiger partial charge in [0.05, 0.1) is 6.20 Å². The molecule has 2 N–H and O–H groups in total. The maximum absolute atomic E-state index is 14.4. The van der Waals surface area contributed by atoms with E-state index in [4.69, 9.17) is 4.74 Å². The van der Waals surface area contributed by atoms with Crippen molar-refractivity contribution < 1.29 is 18.7 Å². The highest BCUT2D eigenvalue weighted by Crippen LogP contribution is 2.25. The SMILES string of the molecule is Cc1ccc(C(=O)NC2CC2)cc1NC(=O)/C=C/c1ccc(Oc2cccnc2)c(F)c1. The van der Waals surface area contributed by atoms with E-state index in [1.807, 2.05) is 6.92 Å². The average Bonchev–Trinajstić information content (AvgIpc) is 3.60. The van der Waals surface area contributed by atoms with Crippen LogP contribution in [-0.2, 0) is 4.79 Å². The summed E-state index contributed by atoms with van der Waals surface area (Å²) in [5.41, 5.74) is 2.38. The van der Waals surface area contributed by atoms with E-state index in [1.54, 1.807) is 42.6 Å². The summed E-state index contributed by atoms with van der Waals surface area (Å²) in [6, 6.07) is 13.2. The van der Waals surface area contributed by atoms with Crippen LogP contribution in [0.2, 0.25) is 0 Å². The molecule has 0 saturated heterocycles. The third-order valence-electron chi connectivity index (χ3n) is 4.92. The van der Waals surface area contributed by atoms with E-state index in [2.05, 4.69) is 15.6 Å². The molecule has 2 amide bonds. The first kappa shape index (κ1) is 21.2. The number of nitrogens with zero attached hydrogens (tertiary/aromatic N) is 1. The van der Waals surface area contributed by atoms with Crippen LogP contribution in [0.15, 0.2) is 67.0 Å². The Balaban J connectivity index is 1.40. The quantitative estimate of drug-likeness (QED) is 0.523. The van der Waals surface area contributed by atoms with Crippen molar-refractivity contribution in [1.82, 2.24) is 10.3 Å². The molecule has 0 atom stereocenters. The maximum atomic E-state index is 14.4. The van der Waals surface area contributed by atoms with E-state index in [1.165, 1.54) is 30.5 Å². The van der Waals surface area contributed by atoms with Crippen LogP contribution in [0.3, 0.4) is 0 Å². The Kier molecular flexibility index (Phi) is 6.26. The molecule has 1 aliphatic carbocycles. The van der Waals surface area contributed by atoms with Gasteiger partial charge in [-0.15, -0.1) is 0 Å². The fourth-order valence-corrected chi connectivity index (χ4v) is 2.98. The number of hydrogen-bond donors (Lipinski definition) is 2. The number of amides is 2. The molecular formula is C25H22FN3O3. The van der Waals surface area contributed by atoms with Crippen LogP contribution in [-0.4, -0.2) is 22.8 Å². The number of hydrogen-bond acceptors (Lipinski definition) is 4. The first-order valence-electron chi connectivity index (χ1n) is 10.3. The number of aryl methyl sites for hydroxylation is 1. The van der Waals surface area contributed by atoms with Gasteiger partial charge in [-0.2, -0.15) is 0 Å². The van der Waals surface area contributed by atoms with Crippen molar-refractivity contribution in [1.29, 1.82) is 0 Å². The molecule has 32 heavy (non-hydrogen) atoms. The molecule has 3 aromatic rings. The standard InChI is InChI=1S/C25H22FN3O3/c1-16-4-7-18(25(31)28-19-8-9-19)14-22(16)29-24(30)11-6-17-5-10-23(21(26)13-17)32-20-3-2-12-27-15-20/h2-7,10-15,19H,8-9H2,1H3,(H,28,31)(H,29,30)/b11-6+. The molecule has 0 bridgehead atoms. The Labute approximate surface area is 185 Å². The monoisotopic (exact) mass is 431 g/mol. The molecule has 0 radical (unpaired) electrons. The van der Waals surface area contributed by atoms with Gasteiger partial charge in [-0.25, -0.2) is 4.39 Å². The Morgan fingerprint density at radius 1 is 1.16 bits per heavy atom. The largest absolute Gasteiger partial charge is 0.453 e. The highest BCUT2D eigenvalue weighted by atomic mass is 19.1. The van der Waals surface area contributed by atoms with E-state index in [9.17, 15) is 14.0 Å². The van der Waals surface area contributed by atoms with E-state index < -0.39 is 5.82 Å². The van der Waals surface area contributed by atoms with Crippen LogP contribution in [0.4, 0.5) is 10.1 Å². The van der Waals surface area contributed by atoms with Gasteiger partial charge in [-0.3, -0.25) is 14.6 Å². The number of anilines is 1. The van der Waals surface area contributed by atoms with Crippen molar-refractivity contribution in [3.05, 3.63) is 89.5 Å². The third-order valence-corrected chi connectivity index (χ3v) is 4.92. The van der Waals surface area contributed by atoms with Crippen molar-refractivity contribution >= 4 is 23.6 Å². The lowest BCUT2D eigenvalue weighted by Crippen LogP contribution is -2.25. The van der Waals surface area contributed by atoms with Crippen molar-refractivity contribution in [3.8, 4) is 11.5 Å². The van der Waals surface area contributed by atoms with Crippen LogP contribution in [0, 0.1) is 12.7 Å². The molecular weight excluding hydrogens is 409 g/mol. The maximum Gasteiger partial charge on any atom is 0.251 e. The summed E-state index contributed by atoms with van der Waals surface area (Å²) in [6.45, 7) is 1.85. The molecule has 0 aliphatic heterocycles. The van der Waals surface area contributed by atoms with Crippen molar-refractivity contribution in [3.63, 3.8) is 0 Å². The van der Waals surface area contributed by atoms with E-state index in [0.717, 1.165) is 18.4 Å². The first-order valence-corrected chi connectivity index (χ1v) is 10.3. The minimum Gasteiger partial charge on any atom is -0.453 e. The molecule has 162 valence electrons. The number of pyridine rings is 1. The van der Waals surface area contributed by atoms with Gasteiger partial charge in [0.2, 0.25) is 5.91 Å². The van der Waals surface area contributed by atoms with E-state index in [-0.39, 0.29) is 23.6 Å². The number of rotatable bonds is 7. The fraction of sp³-hybridized carbons (Fsp3) is 0.160. The van der Waals surface area contributed by atoms with E-state index in [0.29, 0.717) is 22.6 Å². The molecule has 0 unspecified atom stereocenters. The smallest absolute Gasteiger partial charge is 0.251 e. The molecule has 1 heterocycles. The van der Waals surface area contributed by atoms with Crippen molar-refractivity contribution in [2.45, 2.75) is 25.8 Å².